The Morgan fingerprint density at radius 2 is 2.16 bits per heavy atom. The van der Waals surface area contributed by atoms with Crippen LogP contribution in [0.2, 0.25) is 0 Å². The fraction of sp³-hybridized carbons (Fsp3) is 0.286. The third kappa shape index (κ3) is 3.61. The molecular weight excluding hydrogens is 260 g/mol. The van der Waals surface area contributed by atoms with Crippen LogP contribution in [-0.4, -0.2) is 36.2 Å². The second-order valence-electron chi connectivity index (χ2n) is 4.06. The van der Waals surface area contributed by atoms with E-state index in [9.17, 15) is 4.79 Å². The van der Waals surface area contributed by atoms with Crippen LogP contribution in [-0.2, 0) is 9.53 Å². The highest BCUT2D eigenvalue weighted by atomic mass is 32.2. The Hall–Kier alpha value is -1.75. The van der Waals surface area contributed by atoms with E-state index in [4.69, 9.17) is 4.74 Å². The smallest absolute Gasteiger partial charge is 0.337 e. The lowest BCUT2D eigenvalue weighted by Crippen LogP contribution is -2.31. The van der Waals surface area contributed by atoms with E-state index in [0.717, 1.165) is 10.1 Å². The average Bonchev–Trinajstić information content (AvgIpc) is 2.42. The van der Waals surface area contributed by atoms with Crippen molar-refractivity contribution in [3.8, 4) is 0 Å². The summed E-state index contributed by atoms with van der Waals surface area (Å²) < 4.78 is 4.97. The Labute approximate surface area is 117 Å². The number of esters is 1. The second kappa shape index (κ2) is 6.43. The number of hydrogen-bond donors (Lipinski definition) is 0. The van der Waals surface area contributed by atoms with Gasteiger partial charge in [-0.3, -0.25) is 0 Å². The molecule has 19 heavy (non-hydrogen) atoms. The molecular formula is C14H16N2O2S. The van der Waals surface area contributed by atoms with E-state index < -0.39 is 0 Å². The monoisotopic (exact) mass is 276 g/mol. The zero-order valence-electron chi connectivity index (χ0n) is 11.0. The van der Waals surface area contributed by atoms with E-state index in [-0.39, 0.29) is 5.97 Å². The molecule has 0 aliphatic carbocycles. The number of benzene rings is 1. The Morgan fingerprint density at radius 3 is 2.79 bits per heavy atom. The fourth-order valence-electron chi connectivity index (χ4n) is 1.63. The molecule has 0 saturated carbocycles. The van der Waals surface area contributed by atoms with Crippen LogP contribution in [0.4, 0.5) is 0 Å². The second-order valence-corrected chi connectivity index (χ2v) is 5.10. The lowest BCUT2D eigenvalue weighted by molar-refractivity contribution is -0.138. The first-order valence-electron chi connectivity index (χ1n) is 6.08. The summed E-state index contributed by atoms with van der Waals surface area (Å²) in [5, 5.41) is 0.874. The van der Waals surface area contributed by atoms with Crippen molar-refractivity contribution in [2.45, 2.75) is 11.8 Å². The summed E-state index contributed by atoms with van der Waals surface area (Å²) in [5.41, 5.74) is 0.585. The molecule has 2 rings (SSSR count). The Balaban J connectivity index is 2.08. The van der Waals surface area contributed by atoms with Gasteiger partial charge in [-0.15, -0.1) is 0 Å². The number of ether oxygens (including phenoxy) is 1. The molecule has 1 heterocycles. The highest BCUT2D eigenvalue weighted by Crippen LogP contribution is 2.23. The van der Waals surface area contributed by atoms with Gasteiger partial charge in [0.2, 0.25) is 0 Å². The molecule has 100 valence electrons. The van der Waals surface area contributed by atoms with E-state index >= 15 is 0 Å². The lowest BCUT2D eigenvalue weighted by atomic mass is 10.2. The summed E-state index contributed by atoms with van der Waals surface area (Å²) in [4.78, 5) is 19.0. The molecule has 5 heteroatoms. The first-order valence-corrected chi connectivity index (χ1v) is 6.90. The summed E-state index contributed by atoms with van der Waals surface area (Å²) in [6.07, 6.45) is 1.60. The maximum Gasteiger partial charge on any atom is 0.337 e. The maximum atomic E-state index is 11.6. The van der Waals surface area contributed by atoms with Crippen molar-refractivity contribution in [1.29, 1.82) is 0 Å². The Bertz CT molecular complexity index is 511. The lowest BCUT2D eigenvalue weighted by Gasteiger charge is -2.24. The van der Waals surface area contributed by atoms with Gasteiger partial charge in [-0.2, -0.15) is 0 Å². The van der Waals surface area contributed by atoms with Crippen molar-refractivity contribution < 1.29 is 9.53 Å². The topological polar surface area (TPSA) is 41.9 Å². The molecule has 1 aromatic rings. The van der Waals surface area contributed by atoms with Crippen LogP contribution in [0.15, 0.2) is 52.0 Å². The van der Waals surface area contributed by atoms with Crippen LogP contribution in [0.25, 0.3) is 0 Å². The zero-order chi connectivity index (χ0) is 13.7. The quantitative estimate of drug-likeness (QED) is 0.796. The summed E-state index contributed by atoms with van der Waals surface area (Å²) in [7, 11) is 1.92. The van der Waals surface area contributed by atoms with Gasteiger partial charge in [0.05, 0.1) is 18.7 Å². The highest BCUT2D eigenvalue weighted by Gasteiger charge is 2.19. The van der Waals surface area contributed by atoms with Crippen LogP contribution >= 0.6 is 11.8 Å². The van der Waals surface area contributed by atoms with E-state index in [1.165, 1.54) is 0 Å². The number of aliphatic imine (C=N–C) groups is 1. The normalized spacial score (nSPS) is 14.7. The molecule has 1 aromatic carbocycles. The van der Waals surface area contributed by atoms with E-state index in [1.807, 2.05) is 42.3 Å². The number of carbonyl (C=O) groups excluding carboxylic acids is 1. The van der Waals surface area contributed by atoms with Crippen LogP contribution in [0.3, 0.4) is 0 Å². The zero-order valence-corrected chi connectivity index (χ0v) is 11.8. The number of nitrogens with zero attached hydrogens (tertiary/aromatic N) is 2. The van der Waals surface area contributed by atoms with Crippen molar-refractivity contribution >= 4 is 22.9 Å². The SMILES string of the molecule is CCOC(=O)C1=CN=C(Sc2ccccc2)N(C)C1. The van der Waals surface area contributed by atoms with Crippen LogP contribution in [0, 0.1) is 0 Å². The minimum absolute atomic E-state index is 0.290. The molecule has 1 aliphatic rings. The number of thioether (sulfide) groups is 1. The largest absolute Gasteiger partial charge is 0.463 e. The minimum Gasteiger partial charge on any atom is -0.463 e. The number of hydrogen-bond acceptors (Lipinski definition) is 5. The van der Waals surface area contributed by atoms with E-state index in [2.05, 4.69) is 4.99 Å². The summed E-state index contributed by atoms with van der Waals surface area (Å²) in [6, 6.07) is 10.0. The Morgan fingerprint density at radius 1 is 1.42 bits per heavy atom. The summed E-state index contributed by atoms with van der Waals surface area (Å²) in [6.45, 7) is 2.71. The maximum absolute atomic E-state index is 11.6. The molecule has 0 saturated heterocycles. The molecule has 0 N–H and O–H groups in total. The van der Waals surface area contributed by atoms with Gasteiger partial charge in [-0.25, -0.2) is 9.79 Å². The molecule has 1 aliphatic heterocycles. The molecule has 0 bridgehead atoms. The van der Waals surface area contributed by atoms with Crippen molar-refractivity contribution in [3.63, 3.8) is 0 Å². The fourth-order valence-corrected chi connectivity index (χ4v) is 2.46. The predicted molar refractivity (Wildman–Crippen MR) is 77.1 cm³/mol. The van der Waals surface area contributed by atoms with Gasteiger partial charge in [0.15, 0.2) is 5.17 Å². The summed E-state index contributed by atoms with van der Waals surface area (Å²) >= 11 is 1.58. The van der Waals surface area contributed by atoms with E-state index in [0.29, 0.717) is 18.7 Å². The summed E-state index contributed by atoms with van der Waals surface area (Å²) in [5.74, 6) is -0.290. The predicted octanol–water partition coefficient (Wildman–Crippen LogP) is 2.53. The first-order chi connectivity index (χ1) is 9.20. The molecule has 0 atom stereocenters. The van der Waals surface area contributed by atoms with Crippen LogP contribution in [0.1, 0.15) is 6.92 Å². The van der Waals surface area contributed by atoms with Gasteiger partial charge in [0, 0.05) is 18.1 Å². The average molecular weight is 276 g/mol. The van der Waals surface area contributed by atoms with Crippen LogP contribution in [0.5, 0.6) is 0 Å². The van der Waals surface area contributed by atoms with E-state index in [1.54, 1.807) is 24.9 Å². The van der Waals surface area contributed by atoms with Crippen LogP contribution < -0.4 is 0 Å². The Kier molecular flexibility index (Phi) is 4.63. The molecule has 0 unspecified atom stereocenters. The molecule has 4 nitrogen and oxygen atoms in total. The standard InChI is InChI=1S/C14H16N2O2S/c1-3-18-13(17)11-9-15-14(16(2)10-11)19-12-7-5-4-6-8-12/h4-9H,3,10H2,1-2H3. The van der Waals surface area contributed by atoms with Crippen molar-refractivity contribution in [1.82, 2.24) is 4.90 Å². The van der Waals surface area contributed by atoms with Gasteiger partial charge >= 0.3 is 5.97 Å². The molecule has 0 aromatic heterocycles. The molecule has 0 fully saturated rings. The molecule has 0 radical (unpaired) electrons. The third-order valence-corrected chi connectivity index (χ3v) is 3.66. The van der Waals surface area contributed by atoms with Gasteiger partial charge < -0.3 is 9.64 Å². The minimum atomic E-state index is -0.290. The number of likely N-dealkylation sites (N-methyl/N-ethyl adjacent to an activating group) is 1. The van der Waals surface area contributed by atoms with Crippen molar-refractivity contribution in [2.75, 3.05) is 20.2 Å². The first kappa shape index (κ1) is 13.7. The number of rotatable bonds is 3. The van der Waals surface area contributed by atoms with Crippen molar-refractivity contribution in [3.05, 3.63) is 42.1 Å². The van der Waals surface area contributed by atoms with Gasteiger partial charge in [0.25, 0.3) is 0 Å². The van der Waals surface area contributed by atoms with Crippen molar-refractivity contribution in [2.24, 2.45) is 4.99 Å². The van der Waals surface area contributed by atoms with Gasteiger partial charge in [-0.05, 0) is 19.1 Å². The number of carbonyl (C=O) groups is 1. The molecule has 0 spiro atoms. The number of amidine groups is 1. The van der Waals surface area contributed by atoms with Gasteiger partial charge in [0.1, 0.15) is 0 Å². The van der Waals surface area contributed by atoms with Gasteiger partial charge in [-0.1, -0.05) is 30.0 Å². The molecule has 0 amide bonds. The third-order valence-electron chi connectivity index (χ3n) is 2.55. The highest BCUT2D eigenvalue weighted by molar-refractivity contribution is 8.13.